The first-order valence-corrected chi connectivity index (χ1v) is 9.27. The third-order valence-corrected chi connectivity index (χ3v) is 8.50. The zero-order valence-electron chi connectivity index (χ0n) is 14.4. The van der Waals surface area contributed by atoms with Gasteiger partial charge in [-0.15, -0.1) is 0 Å². The van der Waals surface area contributed by atoms with E-state index in [0.29, 0.717) is 17.3 Å². The van der Waals surface area contributed by atoms with E-state index >= 15 is 0 Å². The van der Waals surface area contributed by atoms with Crippen molar-refractivity contribution in [2.45, 2.75) is 71.8 Å². The van der Waals surface area contributed by atoms with Crippen molar-refractivity contribution in [2.24, 2.45) is 33.5 Å². The van der Waals surface area contributed by atoms with E-state index in [2.05, 4.69) is 32.9 Å². The standard InChI is InChI=1S/C20H32O2/c1-17-8-5-14-19(3)7-4-6-18(2,13-21)15(19)11-16(22)20(14,12-17)10-9-17/h9-10,14-16,21-22H,4-8,11-13H2,1-3H3. The fourth-order valence-corrected chi connectivity index (χ4v) is 7.35. The molecule has 0 aromatic heterocycles. The molecule has 1 spiro atoms. The fourth-order valence-electron chi connectivity index (χ4n) is 7.35. The highest BCUT2D eigenvalue weighted by Crippen LogP contribution is 2.71. The minimum atomic E-state index is -0.224. The largest absolute Gasteiger partial charge is 0.396 e. The molecule has 2 heteroatoms. The summed E-state index contributed by atoms with van der Waals surface area (Å²) in [6.45, 7) is 7.39. The maximum absolute atomic E-state index is 11.1. The zero-order chi connectivity index (χ0) is 15.8. The first kappa shape index (κ1) is 15.2. The van der Waals surface area contributed by atoms with E-state index < -0.39 is 0 Å². The van der Waals surface area contributed by atoms with Crippen LogP contribution in [-0.2, 0) is 0 Å². The van der Waals surface area contributed by atoms with Crippen LogP contribution in [0.4, 0.5) is 0 Å². The Labute approximate surface area is 135 Å². The molecule has 0 saturated heterocycles. The van der Waals surface area contributed by atoms with Gasteiger partial charge in [-0.3, -0.25) is 0 Å². The average molecular weight is 304 g/mol. The van der Waals surface area contributed by atoms with Gasteiger partial charge in [-0.1, -0.05) is 39.3 Å². The molecule has 7 atom stereocenters. The lowest BCUT2D eigenvalue weighted by atomic mass is 9.39. The molecule has 2 nitrogen and oxygen atoms in total. The molecule has 2 N–H and O–H groups in total. The number of hydrogen-bond donors (Lipinski definition) is 2. The molecule has 3 saturated carbocycles. The molecular formula is C20H32O2. The summed E-state index contributed by atoms with van der Waals surface area (Å²) in [5.74, 6) is 1.05. The molecule has 0 aliphatic heterocycles. The summed E-state index contributed by atoms with van der Waals surface area (Å²) >= 11 is 0. The monoisotopic (exact) mass is 304 g/mol. The van der Waals surface area contributed by atoms with Crippen LogP contribution in [0.15, 0.2) is 12.2 Å². The van der Waals surface area contributed by atoms with Crippen molar-refractivity contribution in [1.29, 1.82) is 0 Å². The highest BCUT2D eigenvalue weighted by molar-refractivity contribution is 5.27. The smallest absolute Gasteiger partial charge is 0.0637 e. The zero-order valence-corrected chi connectivity index (χ0v) is 14.4. The first-order valence-electron chi connectivity index (χ1n) is 9.27. The molecule has 0 aromatic carbocycles. The molecule has 7 unspecified atom stereocenters. The molecule has 0 aromatic rings. The number of rotatable bonds is 1. The number of fused-ring (bicyclic) bond motifs is 3. The number of allylic oxidation sites excluding steroid dienone is 1. The number of hydrogen-bond acceptors (Lipinski definition) is 2. The third-order valence-electron chi connectivity index (χ3n) is 8.50. The molecule has 22 heavy (non-hydrogen) atoms. The molecule has 4 rings (SSSR count). The Morgan fingerprint density at radius 3 is 2.55 bits per heavy atom. The summed E-state index contributed by atoms with van der Waals surface area (Å²) in [6, 6.07) is 0. The van der Waals surface area contributed by atoms with Crippen LogP contribution < -0.4 is 0 Å². The van der Waals surface area contributed by atoms with E-state index in [1.165, 1.54) is 25.7 Å². The predicted octanol–water partition coefficient (Wildman–Crippen LogP) is 3.92. The summed E-state index contributed by atoms with van der Waals surface area (Å²) in [5, 5.41) is 21.2. The second-order valence-electron chi connectivity index (χ2n) is 9.84. The second kappa shape index (κ2) is 4.39. The van der Waals surface area contributed by atoms with Crippen LogP contribution in [0.5, 0.6) is 0 Å². The minimum absolute atomic E-state index is 0.00133. The molecule has 0 heterocycles. The Balaban J connectivity index is 1.78. The summed E-state index contributed by atoms with van der Waals surface area (Å²) < 4.78 is 0. The van der Waals surface area contributed by atoms with Crippen LogP contribution in [0.3, 0.4) is 0 Å². The summed E-state index contributed by atoms with van der Waals surface area (Å²) in [6.07, 6.45) is 12.7. The minimum Gasteiger partial charge on any atom is -0.396 e. The van der Waals surface area contributed by atoms with E-state index in [0.717, 1.165) is 19.3 Å². The highest BCUT2D eigenvalue weighted by atomic mass is 16.3. The van der Waals surface area contributed by atoms with Crippen LogP contribution in [0.2, 0.25) is 0 Å². The fraction of sp³-hybridized carbons (Fsp3) is 0.900. The van der Waals surface area contributed by atoms with Crippen LogP contribution in [0.25, 0.3) is 0 Å². The molecule has 0 radical (unpaired) electrons. The lowest BCUT2D eigenvalue weighted by molar-refractivity contribution is -0.198. The van der Waals surface area contributed by atoms with Gasteiger partial charge in [0.15, 0.2) is 0 Å². The van der Waals surface area contributed by atoms with Crippen molar-refractivity contribution in [1.82, 2.24) is 0 Å². The molecule has 0 amide bonds. The van der Waals surface area contributed by atoms with E-state index in [1.54, 1.807) is 0 Å². The van der Waals surface area contributed by atoms with E-state index in [9.17, 15) is 10.2 Å². The molecule has 4 aliphatic carbocycles. The predicted molar refractivity (Wildman–Crippen MR) is 88.3 cm³/mol. The van der Waals surface area contributed by atoms with Gasteiger partial charge in [-0.25, -0.2) is 0 Å². The van der Waals surface area contributed by atoms with Gasteiger partial charge < -0.3 is 10.2 Å². The highest BCUT2D eigenvalue weighted by Gasteiger charge is 2.66. The summed E-state index contributed by atoms with van der Waals surface area (Å²) in [7, 11) is 0. The van der Waals surface area contributed by atoms with Gasteiger partial charge in [0.25, 0.3) is 0 Å². The van der Waals surface area contributed by atoms with Gasteiger partial charge in [-0.05, 0) is 66.6 Å². The van der Waals surface area contributed by atoms with Gasteiger partial charge in [-0.2, -0.15) is 0 Å². The first-order chi connectivity index (χ1) is 10.3. The second-order valence-corrected chi connectivity index (χ2v) is 9.84. The average Bonchev–Trinajstić information content (AvgIpc) is 2.74. The summed E-state index contributed by atoms with van der Waals surface area (Å²) in [5.41, 5.74) is 0.616. The quantitative estimate of drug-likeness (QED) is 0.721. The molecule has 4 aliphatic rings. The van der Waals surface area contributed by atoms with Crippen LogP contribution in [-0.4, -0.2) is 22.9 Å². The van der Waals surface area contributed by atoms with E-state index in [1.807, 2.05) is 0 Å². The van der Waals surface area contributed by atoms with Crippen molar-refractivity contribution < 1.29 is 10.2 Å². The van der Waals surface area contributed by atoms with Crippen LogP contribution >= 0.6 is 0 Å². The Kier molecular flexibility index (Phi) is 3.03. The van der Waals surface area contributed by atoms with Crippen molar-refractivity contribution >= 4 is 0 Å². The van der Waals surface area contributed by atoms with Crippen molar-refractivity contribution in [3.8, 4) is 0 Å². The third kappa shape index (κ3) is 1.69. The van der Waals surface area contributed by atoms with Gasteiger partial charge in [0, 0.05) is 12.0 Å². The SMILES string of the molecule is CC12C=CC3(C1)C(O)CC1C(C)(CO)CCCC1(C)C3CC2. The van der Waals surface area contributed by atoms with Gasteiger partial charge in [0.2, 0.25) is 0 Å². The van der Waals surface area contributed by atoms with Gasteiger partial charge in [0.05, 0.1) is 6.10 Å². The Bertz CT molecular complexity index is 514. The van der Waals surface area contributed by atoms with Crippen LogP contribution in [0.1, 0.15) is 65.7 Å². The number of aliphatic hydroxyl groups excluding tert-OH is 2. The van der Waals surface area contributed by atoms with E-state index in [-0.39, 0.29) is 29.0 Å². The Morgan fingerprint density at radius 1 is 1.05 bits per heavy atom. The molecule has 124 valence electrons. The van der Waals surface area contributed by atoms with Crippen molar-refractivity contribution in [2.75, 3.05) is 6.61 Å². The molecule has 3 fully saturated rings. The van der Waals surface area contributed by atoms with Gasteiger partial charge in [0.1, 0.15) is 0 Å². The summed E-state index contributed by atoms with van der Waals surface area (Å²) in [4.78, 5) is 0. The maximum Gasteiger partial charge on any atom is 0.0637 e. The van der Waals surface area contributed by atoms with Crippen molar-refractivity contribution in [3.05, 3.63) is 12.2 Å². The number of aliphatic hydroxyl groups is 2. The van der Waals surface area contributed by atoms with E-state index in [4.69, 9.17) is 0 Å². The molecular weight excluding hydrogens is 272 g/mol. The lowest BCUT2D eigenvalue weighted by Crippen LogP contribution is -2.62. The van der Waals surface area contributed by atoms with Crippen LogP contribution in [0, 0.1) is 33.5 Å². The van der Waals surface area contributed by atoms with Gasteiger partial charge >= 0.3 is 0 Å². The topological polar surface area (TPSA) is 40.5 Å². The van der Waals surface area contributed by atoms with Crippen molar-refractivity contribution in [3.63, 3.8) is 0 Å². The Morgan fingerprint density at radius 2 is 1.82 bits per heavy atom. The lowest BCUT2D eigenvalue weighted by Gasteiger charge is -2.66. The normalized spacial score (nSPS) is 60.0. The molecule has 2 bridgehead atoms. The maximum atomic E-state index is 11.1. The Hall–Kier alpha value is -0.340.